The van der Waals surface area contributed by atoms with Gasteiger partial charge in [-0.15, -0.1) is 23.5 Å². The monoisotopic (exact) mass is 388 g/mol. The molecular formula is C17H23ClNOS3+. The summed E-state index contributed by atoms with van der Waals surface area (Å²) >= 11 is 11.7. The van der Waals surface area contributed by atoms with E-state index in [9.17, 15) is 0 Å². The Morgan fingerprint density at radius 1 is 1.43 bits per heavy atom. The quantitative estimate of drug-likeness (QED) is 0.311. The molecule has 0 amide bonds. The average molecular weight is 389 g/mol. The van der Waals surface area contributed by atoms with Gasteiger partial charge in [-0.3, -0.25) is 0 Å². The maximum Gasteiger partial charge on any atom is 0.263 e. The van der Waals surface area contributed by atoms with Crippen LogP contribution in [-0.4, -0.2) is 25.1 Å². The van der Waals surface area contributed by atoms with Gasteiger partial charge in [-0.2, -0.15) is 4.57 Å². The van der Waals surface area contributed by atoms with E-state index in [1.54, 1.807) is 7.11 Å². The van der Waals surface area contributed by atoms with Crippen molar-refractivity contribution >= 4 is 62.8 Å². The molecule has 0 saturated heterocycles. The minimum Gasteiger partial charge on any atom is -0.374 e. The molecule has 0 unspecified atom stereocenters. The van der Waals surface area contributed by atoms with Crippen LogP contribution in [0.25, 0.3) is 16.3 Å². The molecule has 0 fully saturated rings. The standard InChI is InChI=1S/C17H23ClNOS3/c1-4-14(21-3)11-17-19(8-5-9-22-12-20-2)15-10-13(18)6-7-16(15)23-17/h6-7,10-11H,4-5,8-9,12H2,1-3H3/q+1/b14-11+. The molecular weight excluding hydrogens is 366 g/mol. The summed E-state index contributed by atoms with van der Waals surface area (Å²) in [6, 6.07) is 6.18. The smallest absolute Gasteiger partial charge is 0.263 e. The second kappa shape index (κ2) is 9.94. The molecule has 2 nitrogen and oxygen atoms in total. The summed E-state index contributed by atoms with van der Waals surface area (Å²) in [6.07, 6.45) is 6.66. The van der Waals surface area contributed by atoms with Crippen molar-refractivity contribution in [2.45, 2.75) is 26.3 Å². The Morgan fingerprint density at radius 2 is 2.26 bits per heavy atom. The van der Waals surface area contributed by atoms with E-state index in [1.807, 2.05) is 40.9 Å². The minimum absolute atomic E-state index is 0.764. The van der Waals surface area contributed by atoms with Crippen molar-refractivity contribution in [2.75, 3.05) is 25.1 Å². The molecule has 0 radical (unpaired) electrons. The van der Waals surface area contributed by atoms with Crippen LogP contribution in [0.3, 0.4) is 0 Å². The molecule has 1 heterocycles. The number of methoxy groups -OCH3 is 1. The fourth-order valence-electron chi connectivity index (χ4n) is 2.32. The van der Waals surface area contributed by atoms with Gasteiger partial charge in [0.2, 0.25) is 5.52 Å². The number of rotatable bonds is 9. The molecule has 1 aromatic heterocycles. The van der Waals surface area contributed by atoms with Gasteiger partial charge in [-0.25, -0.2) is 0 Å². The van der Waals surface area contributed by atoms with Crippen LogP contribution in [0.1, 0.15) is 24.8 Å². The van der Waals surface area contributed by atoms with Crippen LogP contribution in [0.15, 0.2) is 23.1 Å². The van der Waals surface area contributed by atoms with Crippen molar-refractivity contribution in [3.05, 3.63) is 33.1 Å². The van der Waals surface area contributed by atoms with Crippen LogP contribution in [0.5, 0.6) is 0 Å². The van der Waals surface area contributed by atoms with Gasteiger partial charge in [0.15, 0.2) is 6.54 Å². The molecule has 2 aromatic rings. The molecule has 0 spiro atoms. The average Bonchev–Trinajstić information content (AvgIpc) is 2.89. The summed E-state index contributed by atoms with van der Waals surface area (Å²) < 4.78 is 8.80. The molecule has 126 valence electrons. The van der Waals surface area contributed by atoms with E-state index in [4.69, 9.17) is 16.3 Å². The van der Waals surface area contributed by atoms with E-state index < -0.39 is 0 Å². The largest absolute Gasteiger partial charge is 0.374 e. The van der Waals surface area contributed by atoms with Gasteiger partial charge < -0.3 is 4.74 Å². The van der Waals surface area contributed by atoms with Gasteiger partial charge in [0, 0.05) is 36.4 Å². The van der Waals surface area contributed by atoms with Crippen molar-refractivity contribution in [3.8, 4) is 0 Å². The molecule has 0 aliphatic heterocycles. The van der Waals surface area contributed by atoms with Gasteiger partial charge in [0.05, 0.1) is 5.94 Å². The predicted octanol–water partition coefficient (Wildman–Crippen LogP) is 5.68. The Kier molecular flexibility index (Phi) is 8.27. The topological polar surface area (TPSA) is 13.1 Å². The molecule has 0 atom stereocenters. The molecule has 0 aliphatic carbocycles. The van der Waals surface area contributed by atoms with Crippen LogP contribution in [0.4, 0.5) is 0 Å². The zero-order valence-corrected chi connectivity index (χ0v) is 17.0. The molecule has 0 aliphatic rings. The summed E-state index contributed by atoms with van der Waals surface area (Å²) in [5.41, 5.74) is 1.24. The Bertz CT molecular complexity index is 663. The number of allylic oxidation sites excluding steroid dienone is 1. The molecule has 1 aromatic carbocycles. The number of hydrogen-bond donors (Lipinski definition) is 0. The number of aromatic nitrogens is 1. The summed E-state index contributed by atoms with van der Waals surface area (Å²) in [6.45, 7) is 3.21. The Labute approximate surface area is 156 Å². The van der Waals surface area contributed by atoms with Crippen LogP contribution >= 0.6 is 46.5 Å². The lowest BCUT2D eigenvalue weighted by Crippen LogP contribution is -2.35. The van der Waals surface area contributed by atoms with E-state index in [2.05, 4.69) is 36.0 Å². The third-order valence-corrected chi connectivity index (χ3v) is 6.72. The first kappa shape index (κ1) is 19.1. The third kappa shape index (κ3) is 5.40. The third-order valence-electron chi connectivity index (χ3n) is 3.46. The number of benzene rings is 1. The van der Waals surface area contributed by atoms with Gasteiger partial charge in [-0.05, 0) is 29.7 Å². The fourth-order valence-corrected chi connectivity index (χ4v) is 4.84. The van der Waals surface area contributed by atoms with Gasteiger partial charge >= 0.3 is 0 Å². The van der Waals surface area contributed by atoms with Crippen molar-refractivity contribution < 1.29 is 9.30 Å². The van der Waals surface area contributed by atoms with Crippen LogP contribution in [0, 0.1) is 0 Å². The lowest BCUT2D eigenvalue weighted by Gasteiger charge is -2.01. The number of thiazole rings is 1. The van der Waals surface area contributed by atoms with E-state index in [1.165, 1.54) is 20.1 Å². The zero-order chi connectivity index (χ0) is 16.7. The number of ether oxygens (including phenoxy) is 1. The first-order chi connectivity index (χ1) is 11.2. The number of nitrogens with zero attached hydrogens (tertiary/aromatic N) is 1. The van der Waals surface area contributed by atoms with Crippen molar-refractivity contribution in [1.82, 2.24) is 0 Å². The van der Waals surface area contributed by atoms with E-state index in [-0.39, 0.29) is 0 Å². The van der Waals surface area contributed by atoms with E-state index >= 15 is 0 Å². The summed E-state index contributed by atoms with van der Waals surface area (Å²) in [5, 5.41) is 2.11. The Hall–Kier alpha value is -0.200. The normalized spacial score (nSPS) is 12.3. The maximum atomic E-state index is 6.21. The van der Waals surface area contributed by atoms with Crippen LogP contribution in [0.2, 0.25) is 5.02 Å². The number of halogens is 1. The summed E-state index contributed by atoms with van der Waals surface area (Å²) in [5.74, 6) is 1.87. The summed E-state index contributed by atoms with van der Waals surface area (Å²) in [7, 11) is 1.74. The highest BCUT2D eigenvalue weighted by atomic mass is 35.5. The van der Waals surface area contributed by atoms with Crippen molar-refractivity contribution in [3.63, 3.8) is 0 Å². The lowest BCUT2D eigenvalue weighted by molar-refractivity contribution is -0.668. The lowest BCUT2D eigenvalue weighted by atomic mass is 10.3. The van der Waals surface area contributed by atoms with Crippen molar-refractivity contribution in [1.29, 1.82) is 0 Å². The highest BCUT2D eigenvalue weighted by Gasteiger charge is 2.19. The molecule has 23 heavy (non-hydrogen) atoms. The number of hydrogen-bond acceptors (Lipinski definition) is 4. The second-order valence-corrected chi connectivity index (χ2v) is 8.52. The first-order valence-electron chi connectivity index (χ1n) is 7.62. The zero-order valence-electron chi connectivity index (χ0n) is 13.8. The van der Waals surface area contributed by atoms with Crippen LogP contribution in [-0.2, 0) is 11.3 Å². The van der Waals surface area contributed by atoms with Gasteiger partial charge in [-0.1, -0.05) is 29.9 Å². The molecule has 0 saturated carbocycles. The van der Waals surface area contributed by atoms with Gasteiger partial charge in [0.25, 0.3) is 5.01 Å². The molecule has 2 rings (SSSR count). The van der Waals surface area contributed by atoms with Gasteiger partial charge in [0.1, 0.15) is 4.70 Å². The Balaban J connectivity index is 2.29. The number of thioether (sulfide) groups is 2. The maximum absolute atomic E-state index is 6.21. The molecule has 0 bridgehead atoms. The SMILES string of the molecule is CC/C(=C\c1sc2ccc(Cl)cc2[n+]1CCCSCOC)SC. The molecule has 0 N–H and O–H groups in total. The van der Waals surface area contributed by atoms with E-state index in [0.717, 1.165) is 36.1 Å². The van der Waals surface area contributed by atoms with E-state index in [0.29, 0.717) is 0 Å². The number of aryl methyl sites for hydroxylation is 1. The van der Waals surface area contributed by atoms with Crippen LogP contribution < -0.4 is 4.57 Å². The molecule has 6 heteroatoms. The second-order valence-electron chi connectivity index (χ2n) is 5.04. The fraction of sp³-hybridized carbons (Fsp3) is 0.471. The Morgan fingerprint density at radius 3 is 2.96 bits per heavy atom. The minimum atomic E-state index is 0.764. The highest BCUT2D eigenvalue weighted by Crippen LogP contribution is 2.27. The predicted molar refractivity (Wildman–Crippen MR) is 108 cm³/mol. The highest BCUT2D eigenvalue weighted by molar-refractivity contribution is 8.02. The van der Waals surface area contributed by atoms with Crippen molar-refractivity contribution in [2.24, 2.45) is 0 Å². The summed E-state index contributed by atoms with van der Waals surface area (Å²) in [4.78, 5) is 1.41. The first-order valence-corrected chi connectivity index (χ1v) is 11.2. The number of fused-ring (bicyclic) bond motifs is 1.